The van der Waals surface area contributed by atoms with Crippen LogP contribution in [0.3, 0.4) is 0 Å². The minimum atomic E-state index is -0.877. The van der Waals surface area contributed by atoms with Crippen LogP contribution in [0.4, 0.5) is 0 Å². The number of nitrogens with one attached hydrogen (secondary N) is 1. The number of fused-ring (bicyclic) bond motifs is 1. The van der Waals surface area contributed by atoms with Crippen LogP contribution in [0.5, 0.6) is 11.5 Å². The smallest absolute Gasteiger partial charge is 0.325 e. The van der Waals surface area contributed by atoms with Gasteiger partial charge in [0, 0.05) is 12.5 Å². The maximum absolute atomic E-state index is 11.5. The normalized spacial score (nSPS) is 19.2. The average Bonchev–Trinajstić information content (AvgIpc) is 3.22. The van der Waals surface area contributed by atoms with Crippen molar-refractivity contribution in [3.8, 4) is 11.5 Å². The number of carboxylic acid groups (broad SMARTS) is 1. The molecule has 1 aromatic rings. The van der Waals surface area contributed by atoms with Crippen LogP contribution in [0.1, 0.15) is 30.9 Å². The van der Waals surface area contributed by atoms with Gasteiger partial charge in [-0.05, 0) is 46.5 Å². The topological polar surface area (TPSA) is 67.8 Å². The molecule has 108 valence electrons. The fourth-order valence-electron chi connectivity index (χ4n) is 2.21. The van der Waals surface area contributed by atoms with Gasteiger partial charge in [0.25, 0.3) is 0 Å². The summed E-state index contributed by atoms with van der Waals surface area (Å²) in [6.45, 7) is 1.18. The number of benzene rings is 1. The molecule has 0 saturated heterocycles. The van der Waals surface area contributed by atoms with E-state index in [2.05, 4.69) is 21.2 Å². The lowest BCUT2D eigenvalue weighted by Gasteiger charge is -2.17. The molecule has 0 spiro atoms. The van der Waals surface area contributed by atoms with Crippen molar-refractivity contribution in [2.24, 2.45) is 0 Å². The van der Waals surface area contributed by atoms with Crippen LogP contribution in [0, 0.1) is 0 Å². The number of hydrogen-bond donors (Lipinski definition) is 2. The molecule has 2 aliphatic rings. The molecule has 1 aliphatic heterocycles. The molecule has 5 nitrogen and oxygen atoms in total. The van der Waals surface area contributed by atoms with E-state index in [1.165, 1.54) is 0 Å². The molecule has 1 unspecified atom stereocenters. The van der Waals surface area contributed by atoms with Gasteiger partial charge in [0.05, 0.1) is 17.7 Å². The minimum Gasteiger partial charge on any atom is -0.490 e. The first kappa shape index (κ1) is 13.7. The molecule has 20 heavy (non-hydrogen) atoms. The number of aliphatic carboxylic acids is 1. The van der Waals surface area contributed by atoms with Crippen molar-refractivity contribution in [2.45, 2.75) is 31.3 Å². The summed E-state index contributed by atoms with van der Waals surface area (Å²) in [5.41, 5.74) is 0.681. The third kappa shape index (κ3) is 2.91. The zero-order valence-corrected chi connectivity index (χ0v) is 12.5. The van der Waals surface area contributed by atoms with Crippen molar-refractivity contribution in [3.63, 3.8) is 0 Å². The summed E-state index contributed by atoms with van der Waals surface area (Å²) >= 11 is 3.44. The fourth-order valence-corrected chi connectivity index (χ4v) is 2.79. The molecule has 1 atom stereocenters. The zero-order chi connectivity index (χ0) is 14.1. The van der Waals surface area contributed by atoms with Gasteiger partial charge in [0.1, 0.15) is 6.04 Å². The molecule has 0 radical (unpaired) electrons. The average molecular weight is 342 g/mol. The molecular weight excluding hydrogens is 326 g/mol. The van der Waals surface area contributed by atoms with E-state index in [-0.39, 0.29) is 0 Å². The molecule has 2 N–H and O–H groups in total. The second-order valence-electron chi connectivity index (χ2n) is 5.09. The van der Waals surface area contributed by atoms with Gasteiger partial charge < -0.3 is 14.6 Å². The van der Waals surface area contributed by atoms with E-state index in [9.17, 15) is 9.90 Å². The molecule has 1 aliphatic carbocycles. The molecule has 1 fully saturated rings. The highest BCUT2D eigenvalue weighted by atomic mass is 79.9. The number of carboxylic acids is 1. The summed E-state index contributed by atoms with van der Waals surface area (Å²) < 4.78 is 12.0. The minimum absolute atomic E-state index is 0.311. The molecule has 0 amide bonds. The quantitative estimate of drug-likeness (QED) is 0.880. The van der Waals surface area contributed by atoms with E-state index in [4.69, 9.17) is 9.47 Å². The van der Waals surface area contributed by atoms with Crippen LogP contribution >= 0.6 is 15.9 Å². The Morgan fingerprint density at radius 1 is 1.35 bits per heavy atom. The van der Waals surface area contributed by atoms with Crippen LogP contribution in [0.15, 0.2) is 16.6 Å². The van der Waals surface area contributed by atoms with E-state index < -0.39 is 12.0 Å². The Morgan fingerprint density at radius 2 is 2.10 bits per heavy atom. The number of hydrogen-bond acceptors (Lipinski definition) is 4. The predicted molar refractivity (Wildman–Crippen MR) is 76.3 cm³/mol. The third-order valence-electron chi connectivity index (χ3n) is 3.38. The van der Waals surface area contributed by atoms with Crippen molar-refractivity contribution in [1.29, 1.82) is 0 Å². The van der Waals surface area contributed by atoms with Crippen LogP contribution in [0.2, 0.25) is 0 Å². The highest BCUT2D eigenvalue weighted by Gasteiger charge is 2.30. The zero-order valence-electron chi connectivity index (χ0n) is 10.9. The number of ether oxygens (including phenoxy) is 2. The lowest BCUT2D eigenvalue weighted by Crippen LogP contribution is -2.30. The Kier molecular flexibility index (Phi) is 3.85. The summed E-state index contributed by atoms with van der Waals surface area (Å²) in [7, 11) is 0. The Morgan fingerprint density at radius 3 is 2.80 bits per heavy atom. The van der Waals surface area contributed by atoms with E-state index in [1.807, 2.05) is 0 Å². The maximum atomic E-state index is 11.5. The molecular formula is C14H16BrNO4. The van der Waals surface area contributed by atoms with E-state index in [1.54, 1.807) is 12.1 Å². The van der Waals surface area contributed by atoms with Gasteiger partial charge in [-0.3, -0.25) is 10.1 Å². The van der Waals surface area contributed by atoms with E-state index in [0.717, 1.165) is 23.7 Å². The number of rotatable bonds is 4. The first-order chi connectivity index (χ1) is 9.65. The standard InChI is InChI=1S/C14H16BrNO4/c15-10-6-8(12(14(17)18)16-9-2-3-9)7-11-13(10)20-5-1-4-19-11/h6-7,9,12,16H,1-5H2,(H,17,18). The van der Waals surface area contributed by atoms with Crippen molar-refractivity contribution >= 4 is 21.9 Å². The summed E-state index contributed by atoms with van der Waals surface area (Å²) in [6, 6.07) is 3.16. The van der Waals surface area contributed by atoms with Crippen molar-refractivity contribution in [3.05, 3.63) is 22.2 Å². The maximum Gasteiger partial charge on any atom is 0.325 e. The molecule has 3 rings (SSSR count). The Bertz CT molecular complexity index is 530. The highest BCUT2D eigenvalue weighted by Crippen LogP contribution is 2.40. The second kappa shape index (κ2) is 5.61. The van der Waals surface area contributed by atoms with Gasteiger partial charge in [0.2, 0.25) is 0 Å². The van der Waals surface area contributed by atoms with Crippen molar-refractivity contribution in [1.82, 2.24) is 5.32 Å². The number of carbonyl (C=O) groups is 1. The molecule has 1 saturated carbocycles. The van der Waals surface area contributed by atoms with Crippen LogP contribution in [0.25, 0.3) is 0 Å². The van der Waals surface area contributed by atoms with Gasteiger partial charge in [-0.25, -0.2) is 0 Å². The van der Waals surface area contributed by atoms with E-state index in [0.29, 0.717) is 36.3 Å². The van der Waals surface area contributed by atoms with Gasteiger partial charge in [0.15, 0.2) is 11.5 Å². The van der Waals surface area contributed by atoms with Crippen LogP contribution in [-0.2, 0) is 4.79 Å². The Balaban J connectivity index is 1.93. The van der Waals surface area contributed by atoms with E-state index >= 15 is 0 Å². The monoisotopic (exact) mass is 341 g/mol. The van der Waals surface area contributed by atoms with Crippen LogP contribution < -0.4 is 14.8 Å². The lowest BCUT2D eigenvalue weighted by atomic mass is 10.1. The summed E-state index contributed by atoms with van der Waals surface area (Å²) in [5.74, 6) is 0.385. The largest absolute Gasteiger partial charge is 0.490 e. The van der Waals surface area contributed by atoms with Gasteiger partial charge in [-0.15, -0.1) is 0 Å². The van der Waals surface area contributed by atoms with Gasteiger partial charge in [-0.1, -0.05) is 0 Å². The first-order valence-electron chi connectivity index (χ1n) is 6.73. The molecule has 1 heterocycles. The van der Waals surface area contributed by atoms with Gasteiger partial charge in [-0.2, -0.15) is 0 Å². The lowest BCUT2D eigenvalue weighted by molar-refractivity contribution is -0.139. The molecule has 1 aromatic carbocycles. The van der Waals surface area contributed by atoms with Crippen molar-refractivity contribution in [2.75, 3.05) is 13.2 Å². The summed E-state index contributed by atoms with van der Waals surface area (Å²) in [6.07, 6.45) is 2.89. The van der Waals surface area contributed by atoms with Crippen LogP contribution in [-0.4, -0.2) is 30.3 Å². The molecule has 0 bridgehead atoms. The Hall–Kier alpha value is -1.27. The predicted octanol–water partition coefficient (Wildman–Crippen LogP) is 2.49. The number of halogens is 1. The fraction of sp³-hybridized carbons (Fsp3) is 0.500. The SMILES string of the molecule is O=C(O)C(NC1CC1)c1cc(Br)c2c(c1)OCCCO2. The summed E-state index contributed by atoms with van der Waals surface area (Å²) in [5, 5.41) is 12.5. The highest BCUT2D eigenvalue weighted by molar-refractivity contribution is 9.10. The van der Waals surface area contributed by atoms with Crippen molar-refractivity contribution < 1.29 is 19.4 Å². The summed E-state index contributed by atoms with van der Waals surface area (Å²) in [4.78, 5) is 11.5. The Labute approximate surface area is 125 Å². The van der Waals surface area contributed by atoms with Gasteiger partial charge >= 0.3 is 5.97 Å². The second-order valence-corrected chi connectivity index (χ2v) is 5.95. The molecule has 6 heteroatoms. The third-order valence-corrected chi connectivity index (χ3v) is 3.97. The molecule has 0 aromatic heterocycles. The first-order valence-corrected chi connectivity index (χ1v) is 7.52.